The second-order valence-corrected chi connectivity index (χ2v) is 13.0. The van der Waals surface area contributed by atoms with E-state index in [4.69, 9.17) is 9.97 Å². The summed E-state index contributed by atoms with van der Waals surface area (Å²) in [6.45, 7) is 7.29. The number of aromatic nitrogens is 4. The molecule has 0 spiro atoms. The molecule has 3 fully saturated rings. The molecule has 1 unspecified atom stereocenters. The molecule has 1 saturated carbocycles. The fraction of sp³-hybridized carbons (Fsp3) is 0.571. The summed E-state index contributed by atoms with van der Waals surface area (Å²) in [6.07, 6.45) is 9.62. The van der Waals surface area contributed by atoms with Crippen molar-refractivity contribution in [2.24, 2.45) is 0 Å². The predicted molar refractivity (Wildman–Crippen MR) is 159 cm³/mol. The minimum Gasteiger partial charge on any atom is -0.367 e. The quantitative estimate of drug-likeness (QED) is 0.272. The van der Waals surface area contributed by atoms with Crippen LogP contribution in [0.15, 0.2) is 30.7 Å². The van der Waals surface area contributed by atoms with Crippen molar-refractivity contribution in [3.8, 4) is 11.4 Å². The van der Waals surface area contributed by atoms with E-state index in [0.717, 1.165) is 54.0 Å². The Morgan fingerprint density at radius 2 is 1.82 bits per heavy atom. The highest BCUT2D eigenvalue weighted by Gasteiger charge is 2.32. The lowest BCUT2D eigenvalue weighted by Crippen LogP contribution is -2.54. The Kier molecular flexibility index (Phi) is 7.58. The summed E-state index contributed by atoms with van der Waals surface area (Å²) in [5, 5.41) is 8.28. The Morgan fingerprint density at radius 3 is 2.51 bits per heavy atom. The normalized spacial score (nSPS) is 23.4. The number of halogens is 3. The van der Waals surface area contributed by atoms with Crippen molar-refractivity contribution in [3.05, 3.63) is 36.3 Å². The van der Waals surface area contributed by atoms with Crippen LogP contribution < -0.4 is 15.5 Å². The predicted octanol–water partition coefficient (Wildman–Crippen LogP) is 5.05. The maximum absolute atomic E-state index is 13.4. The lowest BCUT2D eigenvalue weighted by atomic mass is 10.0. The average Bonchev–Trinajstić information content (AvgIpc) is 3.73. The topological polar surface area (TPSA) is 82.1 Å². The minimum atomic E-state index is -2.69. The van der Waals surface area contributed by atoms with E-state index in [9.17, 15) is 8.78 Å². The standard InChI is InChI=1S/C28H35F2IN8/c1-17-14-39(15-18(2)34-17)27-25-22(19-3-4-19)12-32-13-23(25)36-26(37-27)20-5-8-33-24(11-20)35-21-6-9-38(10-7-21)16-28(29,30)31/h5,8,11-13,17-19,21,34H,3-4,6-7,9-10,14-16H2,1-2H3,(H,33,35)/t17-,18?/m0/s1. The van der Waals surface area contributed by atoms with E-state index in [2.05, 4.69) is 39.3 Å². The van der Waals surface area contributed by atoms with E-state index >= 15 is 0 Å². The molecular weight excluding hydrogens is 613 g/mol. The van der Waals surface area contributed by atoms with E-state index in [0.29, 0.717) is 36.9 Å². The number of piperazine rings is 1. The van der Waals surface area contributed by atoms with Crippen LogP contribution in [-0.4, -0.2) is 79.6 Å². The van der Waals surface area contributed by atoms with Gasteiger partial charge in [0.25, 0.3) is 0 Å². The Balaban J connectivity index is 1.28. The fourth-order valence-corrected chi connectivity index (χ4v) is 6.48. The van der Waals surface area contributed by atoms with Gasteiger partial charge in [-0.25, -0.2) is 15.0 Å². The second kappa shape index (κ2) is 11.0. The van der Waals surface area contributed by atoms with Crippen molar-refractivity contribution >= 4 is 45.1 Å². The summed E-state index contributed by atoms with van der Waals surface area (Å²) in [6, 6.07) is 4.85. The van der Waals surface area contributed by atoms with Gasteiger partial charge in [-0.2, -0.15) is 8.78 Å². The first-order chi connectivity index (χ1) is 18.7. The van der Waals surface area contributed by atoms with Crippen molar-refractivity contribution in [1.82, 2.24) is 30.2 Å². The Morgan fingerprint density at radius 1 is 1.08 bits per heavy atom. The summed E-state index contributed by atoms with van der Waals surface area (Å²) in [7, 11) is 0. The lowest BCUT2D eigenvalue weighted by molar-refractivity contribution is 0.0618. The number of alkyl halides is 3. The summed E-state index contributed by atoms with van der Waals surface area (Å²) in [5.74, 6) is 2.95. The summed E-state index contributed by atoms with van der Waals surface area (Å²) < 4.78 is 24.1. The van der Waals surface area contributed by atoms with Gasteiger partial charge in [0.2, 0.25) is 0 Å². The van der Waals surface area contributed by atoms with Gasteiger partial charge < -0.3 is 15.5 Å². The molecule has 2 atom stereocenters. The van der Waals surface area contributed by atoms with Gasteiger partial charge >= 0.3 is 3.93 Å². The number of pyridine rings is 2. The van der Waals surface area contributed by atoms with E-state index in [1.54, 1.807) is 6.20 Å². The Bertz CT molecular complexity index is 1310. The molecule has 3 aliphatic rings. The summed E-state index contributed by atoms with van der Waals surface area (Å²) in [4.78, 5) is 23.5. The van der Waals surface area contributed by atoms with E-state index in [1.807, 2.05) is 29.4 Å². The molecule has 5 heterocycles. The van der Waals surface area contributed by atoms with Crippen LogP contribution in [0.2, 0.25) is 0 Å². The highest BCUT2D eigenvalue weighted by Crippen LogP contribution is 2.45. The molecule has 3 aromatic heterocycles. The number of hydrogen-bond donors (Lipinski definition) is 2. The molecule has 6 rings (SSSR count). The van der Waals surface area contributed by atoms with Gasteiger partial charge in [-0.05, 0) is 63.1 Å². The zero-order valence-corrected chi connectivity index (χ0v) is 24.5. The van der Waals surface area contributed by atoms with Crippen LogP contribution in [0.1, 0.15) is 51.0 Å². The zero-order valence-electron chi connectivity index (χ0n) is 22.4. The molecule has 39 heavy (non-hydrogen) atoms. The van der Waals surface area contributed by atoms with Crippen molar-refractivity contribution in [3.63, 3.8) is 0 Å². The third-order valence-electron chi connectivity index (χ3n) is 7.85. The Labute approximate surface area is 241 Å². The number of likely N-dealkylation sites (tertiary alicyclic amines) is 1. The highest BCUT2D eigenvalue weighted by molar-refractivity contribution is 14.1. The van der Waals surface area contributed by atoms with Crippen molar-refractivity contribution in [2.75, 3.05) is 42.9 Å². The molecule has 2 aliphatic heterocycles. The number of piperidine rings is 1. The number of rotatable bonds is 7. The molecule has 2 saturated heterocycles. The van der Waals surface area contributed by atoms with Gasteiger partial charge in [-0.15, -0.1) is 0 Å². The largest absolute Gasteiger partial charge is 0.367 e. The van der Waals surface area contributed by atoms with Gasteiger partial charge in [0.1, 0.15) is 11.6 Å². The van der Waals surface area contributed by atoms with Crippen molar-refractivity contribution < 1.29 is 8.78 Å². The number of anilines is 2. The van der Waals surface area contributed by atoms with Crippen LogP contribution in [0.5, 0.6) is 0 Å². The van der Waals surface area contributed by atoms with E-state index in [1.165, 1.54) is 41.0 Å². The van der Waals surface area contributed by atoms with Crippen LogP contribution >= 0.6 is 22.6 Å². The number of fused-ring (bicyclic) bond motifs is 1. The number of hydrogen-bond acceptors (Lipinski definition) is 8. The first kappa shape index (κ1) is 26.9. The third-order valence-corrected chi connectivity index (χ3v) is 8.19. The molecule has 3 aromatic rings. The maximum atomic E-state index is 13.4. The molecular formula is C28H35F2IN8. The fourth-order valence-electron chi connectivity index (χ4n) is 6.00. The monoisotopic (exact) mass is 648 g/mol. The van der Waals surface area contributed by atoms with Crippen LogP contribution in [-0.2, 0) is 0 Å². The Hall–Kier alpha value is -2.25. The lowest BCUT2D eigenvalue weighted by Gasteiger charge is -2.37. The maximum Gasteiger partial charge on any atom is 0.308 e. The number of nitrogens with one attached hydrogen (secondary N) is 2. The van der Waals surface area contributed by atoms with Crippen molar-refractivity contribution in [2.45, 2.75) is 67.5 Å². The molecule has 2 N–H and O–H groups in total. The molecule has 0 radical (unpaired) electrons. The molecule has 0 aromatic carbocycles. The first-order valence-electron chi connectivity index (χ1n) is 13.9. The van der Waals surface area contributed by atoms with Crippen LogP contribution in [0.3, 0.4) is 0 Å². The van der Waals surface area contributed by atoms with E-state index in [-0.39, 0.29) is 12.6 Å². The van der Waals surface area contributed by atoms with Crippen molar-refractivity contribution in [1.29, 1.82) is 0 Å². The molecule has 8 nitrogen and oxygen atoms in total. The smallest absolute Gasteiger partial charge is 0.308 e. The van der Waals surface area contributed by atoms with Crippen LogP contribution in [0.25, 0.3) is 22.3 Å². The minimum absolute atomic E-state index is 0.189. The van der Waals surface area contributed by atoms with Gasteiger partial charge in [0, 0.05) is 90.2 Å². The van der Waals surface area contributed by atoms with Gasteiger partial charge in [0.05, 0.1) is 18.3 Å². The van der Waals surface area contributed by atoms with Crippen LogP contribution in [0, 0.1) is 0 Å². The van der Waals surface area contributed by atoms with Gasteiger partial charge in [-0.1, -0.05) is 0 Å². The average molecular weight is 649 g/mol. The van der Waals surface area contributed by atoms with Crippen LogP contribution in [0.4, 0.5) is 20.4 Å². The number of nitrogens with zero attached hydrogens (tertiary/aromatic N) is 6. The highest BCUT2D eigenvalue weighted by atomic mass is 127. The third kappa shape index (κ3) is 6.40. The SMILES string of the molecule is CC1CN(c2nc(-c3ccnc(NC4CCN(CC(F)(F)I)CC4)c3)nc3cncc(C4CC4)c23)C[C@H](C)N1. The molecule has 0 amide bonds. The summed E-state index contributed by atoms with van der Waals surface area (Å²) >= 11 is 1.22. The summed E-state index contributed by atoms with van der Waals surface area (Å²) in [5.41, 5.74) is 3.03. The van der Waals surface area contributed by atoms with E-state index < -0.39 is 3.93 Å². The van der Waals surface area contributed by atoms with Gasteiger partial charge in [-0.3, -0.25) is 9.88 Å². The molecule has 208 valence electrons. The zero-order chi connectivity index (χ0) is 27.1. The molecule has 11 heteroatoms. The first-order valence-corrected chi connectivity index (χ1v) is 15.0. The second-order valence-electron chi connectivity index (χ2n) is 11.4. The molecule has 0 bridgehead atoms. The van der Waals surface area contributed by atoms with Gasteiger partial charge in [0.15, 0.2) is 5.82 Å². The molecule has 1 aliphatic carbocycles.